The highest BCUT2D eigenvalue weighted by atomic mass is 35.5. The van der Waals surface area contributed by atoms with E-state index in [2.05, 4.69) is 6.92 Å². The van der Waals surface area contributed by atoms with Gasteiger partial charge in [-0.05, 0) is 29.5 Å². The quantitative estimate of drug-likeness (QED) is 0.226. The van der Waals surface area contributed by atoms with Gasteiger partial charge in [0, 0.05) is 16.4 Å². The van der Waals surface area contributed by atoms with Crippen LogP contribution in [-0.2, 0) is 27.4 Å². The van der Waals surface area contributed by atoms with Crippen molar-refractivity contribution in [3.05, 3.63) is 57.2 Å². The largest absolute Gasteiger partial charge is 0.459 e. The molecule has 158 valence electrons. The first kappa shape index (κ1) is 23.4. The zero-order valence-corrected chi connectivity index (χ0v) is 18.6. The Morgan fingerprint density at radius 1 is 0.966 bits per heavy atom. The van der Waals surface area contributed by atoms with Crippen LogP contribution < -0.4 is 0 Å². The second-order valence-electron chi connectivity index (χ2n) is 7.09. The monoisotopic (exact) mass is 435 g/mol. The van der Waals surface area contributed by atoms with Crippen LogP contribution in [0, 0.1) is 0 Å². The van der Waals surface area contributed by atoms with Crippen LogP contribution >= 0.6 is 22.9 Å². The van der Waals surface area contributed by atoms with Gasteiger partial charge in [0.05, 0.1) is 13.2 Å². The molecule has 29 heavy (non-hydrogen) atoms. The number of hydrogen-bond donors (Lipinski definition) is 0. The van der Waals surface area contributed by atoms with E-state index in [1.165, 1.54) is 30.6 Å². The summed E-state index contributed by atoms with van der Waals surface area (Å²) in [5.74, 6) is -1.42. The maximum Gasteiger partial charge on any atom is 0.397 e. The molecule has 0 atom stereocenters. The first-order valence-electron chi connectivity index (χ1n) is 10.3. The average molecular weight is 436 g/mol. The molecule has 1 aromatic heterocycles. The van der Waals surface area contributed by atoms with Gasteiger partial charge in [0.25, 0.3) is 0 Å². The summed E-state index contributed by atoms with van der Waals surface area (Å²) in [6.45, 7) is 3.11. The smallest absolute Gasteiger partial charge is 0.397 e. The lowest BCUT2D eigenvalue weighted by Gasteiger charge is -2.22. The van der Waals surface area contributed by atoms with Crippen LogP contribution in [0.15, 0.2) is 41.8 Å². The zero-order valence-electron chi connectivity index (χ0n) is 17.1. The van der Waals surface area contributed by atoms with Gasteiger partial charge in [-0.15, -0.1) is 11.3 Å². The Morgan fingerprint density at radius 3 is 2.38 bits per heavy atom. The van der Waals surface area contributed by atoms with Crippen LogP contribution in [0.5, 0.6) is 0 Å². The lowest BCUT2D eigenvalue weighted by molar-refractivity contribution is -0.160. The maximum atomic E-state index is 12.7. The Kier molecular flexibility index (Phi) is 10.8. The molecule has 0 saturated carbocycles. The highest BCUT2D eigenvalue weighted by Crippen LogP contribution is 2.20. The molecule has 1 heterocycles. The highest BCUT2D eigenvalue weighted by molar-refractivity contribution is 7.09. The van der Waals surface area contributed by atoms with Gasteiger partial charge >= 0.3 is 11.9 Å². The summed E-state index contributed by atoms with van der Waals surface area (Å²) in [5, 5.41) is 2.53. The molecule has 4 nitrogen and oxygen atoms in total. The summed E-state index contributed by atoms with van der Waals surface area (Å²) in [6.07, 6.45) is 7.93. The Bertz CT molecular complexity index is 748. The average Bonchev–Trinajstić information content (AvgIpc) is 3.23. The first-order valence-corrected chi connectivity index (χ1v) is 11.6. The van der Waals surface area contributed by atoms with E-state index in [0.717, 1.165) is 29.7 Å². The number of amides is 1. The molecule has 0 spiro atoms. The lowest BCUT2D eigenvalue weighted by Crippen LogP contribution is -2.36. The normalized spacial score (nSPS) is 10.7. The molecule has 0 saturated heterocycles. The standard InChI is InChI=1S/C23H30ClNO3S/c1-2-3-4-5-6-7-10-15-28-23(27)22(26)25(18-20-13-11-16-29-20)17-19-12-8-9-14-21(19)24/h8-9,11-14,16H,2-7,10,15,17-18H2,1H3. The van der Waals surface area contributed by atoms with E-state index >= 15 is 0 Å². The number of rotatable bonds is 12. The van der Waals surface area contributed by atoms with Gasteiger partial charge in [-0.3, -0.25) is 4.79 Å². The van der Waals surface area contributed by atoms with Crippen molar-refractivity contribution in [2.75, 3.05) is 6.61 Å². The van der Waals surface area contributed by atoms with E-state index in [1.807, 2.05) is 35.7 Å². The summed E-state index contributed by atoms with van der Waals surface area (Å²) in [5.41, 5.74) is 0.805. The Labute approximate surface area is 182 Å². The van der Waals surface area contributed by atoms with Gasteiger partial charge < -0.3 is 9.64 Å². The second-order valence-corrected chi connectivity index (χ2v) is 8.53. The number of ether oxygens (including phenoxy) is 1. The van der Waals surface area contributed by atoms with Gasteiger partial charge in [0.15, 0.2) is 0 Å². The van der Waals surface area contributed by atoms with Crippen molar-refractivity contribution in [1.29, 1.82) is 0 Å². The summed E-state index contributed by atoms with van der Waals surface area (Å²) >= 11 is 7.80. The van der Waals surface area contributed by atoms with Crippen molar-refractivity contribution in [3.63, 3.8) is 0 Å². The van der Waals surface area contributed by atoms with Crippen LogP contribution in [-0.4, -0.2) is 23.4 Å². The second kappa shape index (κ2) is 13.4. The molecule has 0 radical (unpaired) electrons. The summed E-state index contributed by atoms with van der Waals surface area (Å²) < 4.78 is 5.24. The number of carbonyl (C=O) groups is 2. The molecule has 0 fully saturated rings. The number of thiophene rings is 1. The number of halogens is 1. The molecule has 0 aliphatic heterocycles. The molecule has 0 aliphatic rings. The molecule has 2 aromatic rings. The van der Waals surface area contributed by atoms with E-state index in [9.17, 15) is 9.59 Å². The summed E-state index contributed by atoms with van der Waals surface area (Å²) in [4.78, 5) is 27.6. The van der Waals surface area contributed by atoms with Gasteiger partial charge in [-0.1, -0.05) is 81.3 Å². The van der Waals surface area contributed by atoms with E-state index in [0.29, 0.717) is 11.6 Å². The Morgan fingerprint density at radius 2 is 1.69 bits per heavy atom. The fraction of sp³-hybridized carbons (Fsp3) is 0.478. The van der Waals surface area contributed by atoms with E-state index in [4.69, 9.17) is 16.3 Å². The summed E-state index contributed by atoms with van der Waals surface area (Å²) in [6, 6.07) is 11.2. The topological polar surface area (TPSA) is 46.6 Å². The lowest BCUT2D eigenvalue weighted by atomic mass is 10.1. The highest BCUT2D eigenvalue weighted by Gasteiger charge is 2.24. The van der Waals surface area contributed by atoms with Crippen molar-refractivity contribution >= 4 is 34.8 Å². The number of hydrogen-bond acceptors (Lipinski definition) is 4. The van der Waals surface area contributed by atoms with Crippen molar-refractivity contribution < 1.29 is 14.3 Å². The van der Waals surface area contributed by atoms with Crippen molar-refractivity contribution in [3.8, 4) is 0 Å². The molecule has 1 amide bonds. The van der Waals surface area contributed by atoms with E-state index in [1.54, 1.807) is 17.4 Å². The van der Waals surface area contributed by atoms with Crippen molar-refractivity contribution in [1.82, 2.24) is 4.90 Å². The van der Waals surface area contributed by atoms with E-state index < -0.39 is 11.9 Å². The number of unbranched alkanes of at least 4 members (excludes halogenated alkanes) is 6. The minimum Gasteiger partial charge on any atom is -0.459 e. The van der Waals surface area contributed by atoms with Crippen LogP contribution in [0.4, 0.5) is 0 Å². The Hall–Kier alpha value is -1.85. The molecular weight excluding hydrogens is 406 g/mol. The predicted molar refractivity (Wildman–Crippen MR) is 119 cm³/mol. The predicted octanol–water partition coefficient (Wildman–Crippen LogP) is 6.22. The SMILES string of the molecule is CCCCCCCCCOC(=O)C(=O)N(Cc1cccs1)Cc1ccccc1Cl. The first-order chi connectivity index (χ1) is 14.1. The zero-order chi connectivity index (χ0) is 20.9. The number of esters is 1. The van der Waals surface area contributed by atoms with Gasteiger partial charge in [-0.25, -0.2) is 4.79 Å². The molecule has 0 aliphatic carbocycles. The van der Waals surface area contributed by atoms with Crippen LogP contribution in [0.1, 0.15) is 62.3 Å². The fourth-order valence-corrected chi connectivity index (χ4v) is 3.95. The molecular formula is C23H30ClNO3S. The molecule has 0 bridgehead atoms. The fourth-order valence-electron chi connectivity index (χ4n) is 3.04. The van der Waals surface area contributed by atoms with Gasteiger partial charge in [-0.2, -0.15) is 0 Å². The summed E-state index contributed by atoms with van der Waals surface area (Å²) in [7, 11) is 0. The molecule has 0 N–H and O–H groups in total. The third kappa shape index (κ3) is 8.58. The number of carbonyl (C=O) groups excluding carboxylic acids is 2. The molecule has 0 unspecified atom stereocenters. The van der Waals surface area contributed by atoms with Crippen LogP contribution in [0.3, 0.4) is 0 Å². The van der Waals surface area contributed by atoms with E-state index in [-0.39, 0.29) is 13.2 Å². The van der Waals surface area contributed by atoms with Crippen LogP contribution in [0.2, 0.25) is 5.02 Å². The number of nitrogens with zero attached hydrogens (tertiary/aromatic N) is 1. The maximum absolute atomic E-state index is 12.7. The third-order valence-corrected chi connectivity index (χ3v) is 5.92. The van der Waals surface area contributed by atoms with Gasteiger partial charge in [0.2, 0.25) is 0 Å². The minimum absolute atomic E-state index is 0.267. The Balaban J connectivity index is 1.85. The van der Waals surface area contributed by atoms with Gasteiger partial charge in [0.1, 0.15) is 0 Å². The third-order valence-electron chi connectivity index (χ3n) is 4.69. The molecule has 2 rings (SSSR count). The van der Waals surface area contributed by atoms with Crippen molar-refractivity contribution in [2.45, 2.75) is 65.0 Å². The van der Waals surface area contributed by atoms with Crippen LogP contribution in [0.25, 0.3) is 0 Å². The number of benzene rings is 1. The minimum atomic E-state index is -0.792. The molecule has 6 heteroatoms. The van der Waals surface area contributed by atoms with Crippen molar-refractivity contribution in [2.24, 2.45) is 0 Å². The molecule has 1 aromatic carbocycles.